The first-order valence-corrected chi connectivity index (χ1v) is 12.4. The number of rotatable bonds is 8. The molecule has 33 heavy (non-hydrogen) atoms. The summed E-state index contributed by atoms with van der Waals surface area (Å²) in [7, 11) is 0. The second-order valence-corrected chi connectivity index (χ2v) is 9.20. The molecule has 1 saturated carbocycles. The quantitative estimate of drug-likeness (QED) is 0.359. The van der Waals surface area contributed by atoms with Gasteiger partial charge >= 0.3 is 11.9 Å². The van der Waals surface area contributed by atoms with Gasteiger partial charge in [0.15, 0.2) is 0 Å². The Kier molecular flexibility index (Phi) is 7.02. The van der Waals surface area contributed by atoms with Crippen LogP contribution in [0.1, 0.15) is 69.2 Å². The lowest BCUT2D eigenvalue weighted by atomic mass is 9.91. The average molecular weight is 447 g/mol. The first kappa shape index (κ1) is 23.3. The van der Waals surface area contributed by atoms with Crippen molar-refractivity contribution in [2.45, 2.75) is 72.6 Å². The monoisotopic (exact) mass is 446 g/mol. The van der Waals surface area contributed by atoms with Gasteiger partial charge in [0, 0.05) is 0 Å². The van der Waals surface area contributed by atoms with Gasteiger partial charge < -0.3 is 9.47 Å². The van der Waals surface area contributed by atoms with Crippen molar-refractivity contribution in [2.24, 2.45) is 11.8 Å². The molecular formula is C29H34O4. The van der Waals surface area contributed by atoms with Crippen molar-refractivity contribution in [3.05, 3.63) is 69.8 Å². The van der Waals surface area contributed by atoms with Gasteiger partial charge in [0.05, 0.1) is 11.1 Å². The van der Waals surface area contributed by atoms with E-state index in [1.54, 1.807) is 0 Å². The topological polar surface area (TPSA) is 52.6 Å². The Morgan fingerprint density at radius 2 is 0.970 bits per heavy atom. The van der Waals surface area contributed by atoms with E-state index in [-0.39, 0.29) is 11.8 Å². The van der Waals surface area contributed by atoms with Crippen molar-refractivity contribution in [3.8, 4) is 11.5 Å². The van der Waals surface area contributed by atoms with Crippen molar-refractivity contribution in [1.29, 1.82) is 0 Å². The van der Waals surface area contributed by atoms with Crippen LogP contribution in [-0.4, -0.2) is 11.9 Å². The summed E-state index contributed by atoms with van der Waals surface area (Å²) in [5, 5.41) is 0. The third-order valence-electron chi connectivity index (χ3n) is 7.09. The van der Waals surface area contributed by atoms with Crippen molar-refractivity contribution in [2.75, 3.05) is 0 Å². The van der Waals surface area contributed by atoms with E-state index in [4.69, 9.17) is 9.47 Å². The molecule has 0 amide bonds. The van der Waals surface area contributed by atoms with Crippen molar-refractivity contribution in [1.82, 2.24) is 0 Å². The fraction of sp³-hybridized carbons (Fsp3) is 0.448. The van der Waals surface area contributed by atoms with Gasteiger partial charge in [-0.25, -0.2) is 9.59 Å². The van der Waals surface area contributed by atoms with Crippen LogP contribution in [0.4, 0.5) is 0 Å². The first-order chi connectivity index (χ1) is 15.9. The molecule has 0 saturated heterocycles. The van der Waals surface area contributed by atoms with Gasteiger partial charge in [-0.3, -0.25) is 0 Å². The minimum atomic E-state index is -0.402. The van der Waals surface area contributed by atoms with Crippen LogP contribution in [0.25, 0.3) is 0 Å². The molecule has 2 unspecified atom stereocenters. The fourth-order valence-electron chi connectivity index (χ4n) is 5.21. The van der Waals surface area contributed by atoms with E-state index in [1.807, 2.05) is 24.3 Å². The fourth-order valence-corrected chi connectivity index (χ4v) is 5.21. The maximum atomic E-state index is 13.3. The molecule has 0 N–H and O–H groups in total. The third-order valence-corrected chi connectivity index (χ3v) is 7.09. The molecule has 0 aliphatic heterocycles. The number of carbonyl (C=O) groups is 2. The van der Waals surface area contributed by atoms with E-state index in [9.17, 15) is 9.59 Å². The molecule has 174 valence electrons. The standard InChI is InChI=1S/C29H34O4/c1-5-18-11-19(6-2)14-24(13-18)32-28(30)26-22-9-10-23(17-22)27(26)29(31)33-25-15-20(7-3)12-21(8-4)16-25/h11-16,22-23H,5-10,17H2,1-4H3. The zero-order valence-electron chi connectivity index (χ0n) is 20.2. The molecule has 0 aromatic heterocycles. The van der Waals surface area contributed by atoms with Gasteiger partial charge in [-0.05, 0) is 103 Å². The van der Waals surface area contributed by atoms with E-state index >= 15 is 0 Å². The number of hydrogen-bond acceptors (Lipinski definition) is 4. The van der Waals surface area contributed by atoms with Crippen LogP contribution in [0.2, 0.25) is 0 Å². The second kappa shape index (κ2) is 9.94. The summed E-state index contributed by atoms with van der Waals surface area (Å²) in [6, 6.07) is 12.0. The number of hydrogen-bond donors (Lipinski definition) is 0. The number of aryl methyl sites for hydroxylation is 4. The van der Waals surface area contributed by atoms with Crippen LogP contribution < -0.4 is 9.47 Å². The highest BCUT2D eigenvalue weighted by Gasteiger charge is 2.46. The highest BCUT2D eigenvalue weighted by molar-refractivity contribution is 6.03. The summed E-state index contributed by atoms with van der Waals surface area (Å²) < 4.78 is 11.7. The lowest BCUT2D eigenvalue weighted by Crippen LogP contribution is -2.24. The highest BCUT2D eigenvalue weighted by Crippen LogP contribution is 2.49. The number of ether oxygens (including phenoxy) is 2. The number of fused-ring (bicyclic) bond motifs is 2. The Morgan fingerprint density at radius 1 is 0.636 bits per heavy atom. The summed E-state index contributed by atoms with van der Waals surface area (Å²) in [6.07, 6.45) is 6.18. The molecule has 2 aromatic rings. The molecule has 4 rings (SSSR count). The normalized spacial score (nSPS) is 19.2. The maximum Gasteiger partial charge on any atom is 0.340 e. The Morgan fingerprint density at radius 3 is 1.27 bits per heavy atom. The summed E-state index contributed by atoms with van der Waals surface area (Å²) >= 11 is 0. The summed E-state index contributed by atoms with van der Waals surface area (Å²) in [5.41, 5.74) is 5.61. The Labute approximate surface area is 197 Å². The van der Waals surface area contributed by atoms with Crippen LogP contribution in [0.3, 0.4) is 0 Å². The lowest BCUT2D eigenvalue weighted by molar-refractivity contribution is -0.133. The Bertz CT molecular complexity index is 965. The predicted molar refractivity (Wildman–Crippen MR) is 130 cm³/mol. The predicted octanol–water partition coefficient (Wildman–Crippen LogP) is 6.17. The lowest BCUT2D eigenvalue weighted by Gasteiger charge is -2.18. The molecule has 2 aromatic carbocycles. The van der Waals surface area contributed by atoms with Gasteiger partial charge in [-0.1, -0.05) is 39.8 Å². The zero-order chi connectivity index (χ0) is 23.5. The van der Waals surface area contributed by atoms with Gasteiger partial charge in [-0.15, -0.1) is 0 Å². The van der Waals surface area contributed by atoms with Gasteiger partial charge in [0.25, 0.3) is 0 Å². The summed E-state index contributed by atoms with van der Waals surface area (Å²) in [6.45, 7) is 8.35. The molecule has 0 radical (unpaired) electrons. The minimum absolute atomic E-state index is 0.0817. The molecular weight excluding hydrogens is 412 g/mol. The van der Waals surface area contributed by atoms with Crippen molar-refractivity contribution < 1.29 is 19.1 Å². The maximum absolute atomic E-state index is 13.3. The summed E-state index contributed by atoms with van der Waals surface area (Å²) in [5.74, 6) is 0.475. The smallest absolute Gasteiger partial charge is 0.340 e. The van der Waals surface area contributed by atoms with E-state index in [0.29, 0.717) is 22.6 Å². The van der Waals surface area contributed by atoms with Crippen LogP contribution in [0, 0.1) is 11.8 Å². The molecule has 1 fully saturated rings. The molecule has 2 atom stereocenters. The molecule has 4 nitrogen and oxygen atoms in total. The van der Waals surface area contributed by atoms with Gasteiger partial charge in [0.2, 0.25) is 0 Å². The summed E-state index contributed by atoms with van der Waals surface area (Å²) in [4.78, 5) is 26.6. The number of carbonyl (C=O) groups excluding carboxylic acids is 2. The molecule has 2 aliphatic rings. The van der Waals surface area contributed by atoms with E-state index in [2.05, 4.69) is 39.8 Å². The Hall–Kier alpha value is -2.88. The number of esters is 2. The van der Waals surface area contributed by atoms with E-state index in [1.165, 1.54) is 0 Å². The molecule has 2 bridgehead atoms. The SMILES string of the molecule is CCc1cc(CC)cc(OC(=O)C2=C(C(=O)Oc3cc(CC)cc(CC)c3)C3CCC2C3)c1. The molecule has 0 spiro atoms. The first-order valence-electron chi connectivity index (χ1n) is 12.4. The number of benzene rings is 2. The van der Waals surface area contributed by atoms with Crippen molar-refractivity contribution >= 4 is 11.9 Å². The van der Waals surface area contributed by atoms with Crippen molar-refractivity contribution in [3.63, 3.8) is 0 Å². The van der Waals surface area contributed by atoms with Crippen LogP contribution >= 0.6 is 0 Å². The highest BCUT2D eigenvalue weighted by atomic mass is 16.5. The molecule has 0 heterocycles. The van der Waals surface area contributed by atoms with E-state index < -0.39 is 11.9 Å². The van der Waals surface area contributed by atoms with Crippen LogP contribution in [-0.2, 0) is 35.3 Å². The minimum Gasteiger partial charge on any atom is -0.423 e. The van der Waals surface area contributed by atoms with Gasteiger partial charge in [-0.2, -0.15) is 0 Å². The average Bonchev–Trinajstić information content (AvgIpc) is 3.45. The molecule has 4 heteroatoms. The third kappa shape index (κ3) is 4.90. The largest absolute Gasteiger partial charge is 0.423 e. The van der Waals surface area contributed by atoms with Crippen LogP contribution in [0.15, 0.2) is 47.5 Å². The van der Waals surface area contributed by atoms with E-state index in [0.717, 1.165) is 67.2 Å². The van der Waals surface area contributed by atoms with Gasteiger partial charge in [0.1, 0.15) is 11.5 Å². The zero-order valence-corrected chi connectivity index (χ0v) is 20.2. The second-order valence-electron chi connectivity index (χ2n) is 9.20. The Balaban J connectivity index is 1.61. The van der Waals surface area contributed by atoms with Crippen LogP contribution in [0.5, 0.6) is 11.5 Å². The molecule has 2 aliphatic carbocycles.